The Balaban J connectivity index is 1.69. The fourth-order valence-corrected chi connectivity index (χ4v) is 3.87. The van der Waals surface area contributed by atoms with E-state index in [0.29, 0.717) is 0 Å². The minimum Gasteiger partial charge on any atom is -0.354 e. The molecule has 0 atom stereocenters. The molecule has 2 heterocycles. The quantitative estimate of drug-likeness (QED) is 0.861. The van der Waals surface area contributed by atoms with Crippen LogP contribution in [0.3, 0.4) is 0 Å². The highest BCUT2D eigenvalue weighted by Gasteiger charge is 2.23. The van der Waals surface area contributed by atoms with Gasteiger partial charge in [-0.3, -0.25) is 0 Å². The molecular formula is C20H24FN3. The molecule has 3 nitrogen and oxygen atoms in total. The number of fused-ring (bicyclic) bond motifs is 1. The molecule has 0 N–H and O–H groups in total. The molecule has 4 rings (SSSR count). The van der Waals surface area contributed by atoms with Gasteiger partial charge in [-0.1, -0.05) is 19.1 Å². The standard InChI is InChI=1S/C20H24FN3/c1-2-23-10-12-24(13-11-23)20-14-18(15-6-8-16(21)9-7-15)17-4-3-5-19(17)22-20/h6-9,14H,2-5,10-13H2,1H3. The van der Waals surface area contributed by atoms with Gasteiger partial charge in [-0.15, -0.1) is 0 Å². The Labute approximate surface area is 143 Å². The third-order valence-corrected chi connectivity index (χ3v) is 5.34. The summed E-state index contributed by atoms with van der Waals surface area (Å²) in [6.45, 7) is 7.59. The van der Waals surface area contributed by atoms with Crippen molar-refractivity contribution in [2.24, 2.45) is 0 Å². The number of hydrogen-bond donors (Lipinski definition) is 0. The number of aromatic nitrogens is 1. The van der Waals surface area contributed by atoms with Crippen LogP contribution in [0.1, 0.15) is 24.6 Å². The molecule has 0 spiro atoms. The van der Waals surface area contributed by atoms with Crippen molar-refractivity contribution in [3.05, 3.63) is 47.4 Å². The average Bonchev–Trinajstić information content (AvgIpc) is 3.10. The van der Waals surface area contributed by atoms with Gasteiger partial charge in [0.15, 0.2) is 0 Å². The van der Waals surface area contributed by atoms with Crippen molar-refractivity contribution >= 4 is 5.82 Å². The van der Waals surface area contributed by atoms with Crippen LogP contribution in [0.25, 0.3) is 11.1 Å². The first-order valence-corrected chi connectivity index (χ1v) is 9.00. The van der Waals surface area contributed by atoms with Gasteiger partial charge in [-0.25, -0.2) is 9.37 Å². The largest absolute Gasteiger partial charge is 0.354 e. The van der Waals surface area contributed by atoms with Crippen molar-refractivity contribution in [1.29, 1.82) is 0 Å². The minimum atomic E-state index is -0.180. The normalized spacial score (nSPS) is 18.0. The van der Waals surface area contributed by atoms with Gasteiger partial charge in [-0.05, 0) is 60.7 Å². The summed E-state index contributed by atoms with van der Waals surface area (Å²) in [7, 11) is 0. The average molecular weight is 325 g/mol. The molecule has 1 aliphatic heterocycles. The second-order valence-electron chi connectivity index (χ2n) is 6.74. The second-order valence-corrected chi connectivity index (χ2v) is 6.74. The molecule has 24 heavy (non-hydrogen) atoms. The Morgan fingerprint density at radius 2 is 1.79 bits per heavy atom. The van der Waals surface area contributed by atoms with Gasteiger partial charge in [0.05, 0.1) is 0 Å². The third kappa shape index (κ3) is 2.91. The van der Waals surface area contributed by atoms with E-state index in [1.807, 2.05) is 12.1 Å². The van der Waals surface area contributed by atoms with E-state index in [-0.39, 0.29) is 5.82 Å². The fourth-order valence-electron chi connectivity index (χ4n) is 3.87. The Bertz CT molecular complexity index is 718. The molecule has 0 unspecified atom stereocenters. The molecule has 0 amide bonds. The van der Waals surface area contributed by atoms with Crippen molar-refractivity contribution in [3.8, 4) is 11.1 Å². The molecule has 0 radical (unpaired) electrons. The first-order valence-electron chi connectivity index (χ1n) is 9.00. The molecule has 1 saturated heterocycles. The van der Waals surface area contributed by atoms with E-state index in [0.717, 1.165) is 56.9 Å². The summed E-state index contributed by atoms with van der Waals surface area (Å²) in [6, 6.07) is 9.11. The smallest absolute Gasteiger partial charge is 0.129 e. The van der Waals surface area contributed by atoms with Crippen LogP contribution in [0, 0.1) is 5.82 Å². The van der Waals surface area contributed by atoms with Gasteiger partial charge in [0.2, 0.25) is 0 Å². The van der Waals surface area contributed by atoms with Crippen LogP contribution in [0.5, 0.6) is 0 Å². The molecule has 2 aliphatic rings. The van der Waals surface area contributed by atoms with Crippen LogP contribution >= 0.6 is 0 Å². The Hall–Kier alpha value is -1.94. The molecule has 1 aromatic heterocycles. The van der Waals surface area contributed by atoms with Crippen molar-refractivity contribution < 1.29 is 4.39 Å². The number of anilines is 1. The summed E-state index contributed by atoms with van der Waals surface area (Å²) in [5.74, 6) is 0.908. The van der Waals surface area contributed by atoms with Crippen LogP contribution < -0.4 is 4.90 Å². The lowest BCUT2D eigenvalue weighted by molar-refractivity contribution is 0.270. The van der Waals surface area contributed by atoms with Gasteiger partial charge >= 0.3 is 0 Å². The summed E-state index contributed by atoms with van der Waals surface area (Å²) in [5, 5.41) is 0. The highest BCUT2D eigenvalue weighted by molar-refractivity contribution is 5.72. The zero-order valence-electron chi connectivity index (χ0n) is 14.3. The number of aryl methyl sites for hydroxylation is 1. The third-order valence-electron chi connectivity index (χ3n) is 5.34. The molecule has 2 aromatic rings. The summed E-state index contributed by atoms with van der Waals surface area (Å²) >= 11 is 0. The Morgan fingerprint density at radius 3 is 2.50 bits per heavy atom. The molecule has 1 aromatic carbocycles. The summed E-state index contributed by atoms with van der Waals surface area (Å²) < 4.78 is 13.3. The lowest BCUT2D eigenvalue weighted by Crippen LogP contribution is -2.46. The molecule has 0 bridgehead atoms. The number of pyridine rings is 1. The van der Waals surface area contributed by atoms with E-state index in [2.05, 4.69) is 22.8 Å². The summed E-state index contributed by atoms with van der Waals surface area (Å²) in [6.07, 6.45) is 3.31. The number of piperazine rings is 1. The Morgan fingerprint density at radius 1 is 1.04 bits per heavy atom. The predicted molar refractivity (Wildman–Crippen MR) is 96.0 cm³/mol. The number of hydrogen-bond acceptors (Lipinski definition) is 3. The monoisotopic (exact) mass is 325 g/mol. The fraction of sp³-hybridized carbons (Fsp3) is 0.450. The lowest BCUT2D eigenvalue weighted by atomic mass is 9.99. The first-order chi connectivity index (χ1) is 11.7. The van der Waals surface area contributed by atoms with Crippen LogP contribution in [-0.2, 0) is 12.8 Å². The number of rotatable bonds is 3. The van der Waals surface area contributed by atoms with Crippen molar-refractivity contribution in [1.82, 2.24) is 9.88 Å². The number of halogens is 1. The predicted octanol–water partition coefficient (Wildman–Crippen LogP) is 3.52. The van der Waals surface area contributed by atoms with Crippen molar-refractivity contribution in [3.63, 3.8) is 0 Å². The SMILES string of the molecule is CCN1CCN(c2cc(-c3ccc(F)cc3)c3c(n2)CCC3)CC1. The maximum atomic E-state index is 13.3. The van der Waals surface area contributed by atoms with Gasteiger partial charge in [-0.2, -0.15) is 0 Å². The van der Waals surface area contributed by atoms with Crippen LogP contribution in [0.2, 0.25) is 0 Å². The van der Waals surface area contributed by atoms with E-state index in [1.165, 1.54) is 23.2 Å². The highest BCUT2D eigenvalue weighted by atomic mass is 19.1. The van der Waals surface area contributed by atoms with E-state index < -0.39 is 0 Å². The Kier molecular flexibility index (Phi) is 4.23. The zero-order valence-corrected chi connectivity index (χ0v) is 14.3. The molecule has 1 aliphatic carbocycles. The molecular weight excluding hydrogens is 301 g/mol. The zero-order chi connectivity index (χ0) is 16.5. The van der Waals surface area contributed by atoms with Gasteiger partial charge in [0.1, 0.15) is 11.6 Å². The van der Waals surface area contributed by atoms with Crippen LogP contribution in [0.4, 0.5) is 10.2 Å². The van der Waals surface area contributed by atoms with Crippen molar-refractivity contribution in [2.75, 3.05) is 37.6 Å². The highest BCUT2D eigenvalue weighted by Crippen LogP contribution is 2.34. The summed E-state index contributed by atoms with van der Waals surface area (Å²) in [4.78, 5) is 9.84. The maximum absolute atomic E-state index is 13.3. The maximum Gasteiger partial charge on any atom is 0.129 e. The van der Waals surface area contributed by atoms with E-state index in [1.54, 1.807) is 12.1 Å². The molecule has 126 valence electrons. The van der Waals surface area contributed by atoms with Gasteiger partial charge in [0.25, 0.3) is 0 Å². The van der Waals surface area contributed by atoms with E-state index in [9.17, 15) is 4.39 Å². The van der Waals surface area contributed by atoms with Crippen LogP contribution in [-0.4, -0.2) is 42.6 Å². The summed E-state index contributed by atoms with van der Waals surface area (Å²) in [5.41, 5.74) is 4.94. The molecule has 1 fully saturated rings. The lowest BCUT2D eigenvalue weighted by Gasteiger charge is -2.35. The topological polar surface area (TPSA) is 19.4 Å². The van der Waals surface area contributed by atoms with Crippen LogP contribution in [0.15, 0.2) is 30.3 Å². The number of benzene rings is 1. The molecule has 4 heteroatoms. The number of likely N-dealkylation sites (N-methyl/N-ethyl adjacent to an activating group) is 1. The van der Waals surface area contributed by atoms with Gasteiger partial charge < -0.3 is 9.80 Å². The number of nitrogens with zero attached hydrogens (tertiary/aromatic N) is 3. The first kappa shape index (κ1) is 15.6. The van der Waals surface area contributed by atoms with E-state index in [4.69, 9.17) is 4.98 Å². The minimum absolute atomic E-state index is 0.180. The van der Waals surface area contributed by atoms with Crippen molar-refractivity contribution in [2.45, 2.75) is 26.2 Å². The van der Waals surface area contributed by atoms with Gasteiger partial charge in [0, 0.05) is 31.9 Å². The molecule has 0 saturated carbocycles. The van der Waals surface area contributed by atoms with E-state index >= 15 is 0 Å². The second kappa shape index (κ2) is 6.52.